The Kier molecular flexibility index (Phi) is 6.58. The van der Waals surface area contributed by atoms with E-state index in [2.05, 4.69) is 12.2 Å². The summed E-state index contributed by atoms with van der Waals surface area (Å²) in [5.41, 5.74) is 0.750. The van der Waals surface area contributed by atoms with E-state index in [-0.39, 0.29) is 23.6 Å². The van der Waals surface area contributed by atoms with E-state index >= 15 is 0 Å². The van der Waals surface area contributed by atoms with Gasteiger partial charge in [-0.05, 0) is 43.7 Å². The number of nitrogens with zero attached hydrogens (tertiary/aromatic N) is 2. The average molecular weight is 414 g/mol. The minimum absolute atomic E-state index is 0.0336. The van der Waals surface area contributed by atoms with Crippen LogP contribution in [0.15, 0.2) is 34.2 Å². The maximum Gasteiger partial charge on any atom is 0.262 e. The summed E-state index contributed by atoms with van der Waals surface area (Å²) in [5, 5.41) is 4.57. The van der Waals surface area contributed by atoms with Gasteiger partial charge in [-0.15, -0.1) is 0 Å². The van der Waals surface area contributed by atoms with Crippen molar-refractivity contribution < 1.29 is 4.79 Å². The topological polar surface area (TPSA) is 64.0 Å². The van der Waals surface area contributed by atoms with Crippen LogP contribution in [0, 0.1) is 5.92 Å². The number of nitrogens with one attached hydrogen (secondary N) is 1. The molecule has 1 aromatic carbocycles. The fourth-order valence-corrected chi connectivity index (χ4v) is 5.68. The van der Waals surface area contributed by atoms with Crippen LogP contribution in [0.2, 0.25) is 0 Å². The lowest BCUT2D eigenvalue weighted by Crippen LogP contribution is -2.42. The number of hydrogen-bond donors (Lipinski definition) is 1. The van der Waals surface area contributed by atoms with Crippen LogP contribution in [0.25, 0.3) is 10.9 Å². The fourth-order valence-electron chi connectivity index (χ4n) is 4.80. The van der Waals surface area contributed by atoms with Crippen molar-refractivity contribution in [3.63, 3.8) is 0 Å². The highest BCUT2D eigenvalue weighted by atomic mass is 32.2. The number of hydrogen-bond acceptors (Lipinski definition) is 4. The highest BCUT2D eigenvalue weighted by molar-refractivity contribution is 7.99. The van der Waals surface area contributed by atoms with E-state index in [1.54, 1.807) is 0 Å². The molecule has 1 aromatic heterocycles. The molecule has 0 spiro atoms. The second-order valence-electron chi connectivity index (χ2n) is 8.60. The van der Waals surface area contributed by atoms with Gasteiger partial charge < -0.3 is 5.32 Å². The predicted octanol–water partition coefficient (Wildman–Crippen LogP) is 4.69. The van der Waals surface area contributed by atoms with Gasteiger partial charge in [0.2, 0.25) is 5.91 Å². The third kappa shape index (κ3) is 4.68. The van der Waals surface area contributed by atoms with E-state index in [1.165, 1.54) is 37.4 Å². The predicted molar refractivity (Wildman–Crippen MR) is 118 cm³/mol. The molecule has 0 bridgehead atoms. The van der Waals surface area contributed by atoms with Crippen molar-refractivity contribution in [2.75, 3.05) is 5.75 Å². The maximum atomic E-state index is 13.3. The number of carbonyl (C=O) groups is 1. The van der Waals surface area contributed by atoms with Crippen molar-refractivity contribution in [1.82, 2.24) is 14.9 Å². The zero-order chi connectivity index (χ0) is 20.2. The highest BCUT2D eigenvalue weighted by Crippen LogP contribution is 2.31. The summed E-state index contributed by atoms with van der Waals surface area (Å²) in [4.78, 5) is 30.7. The number of fused-ring (bicyclic) bond motifs is 1. The summed E-state index contributed by atoms with van der Waals surface area (Å²) in [7, 11) is 0. The van der Waals surface area contributed by atoms with Crippen LogP contribution in [0.4, 0.5) is 0 Å². The van der Waals surface area contributed by atoms with E-state index in [4.69, 9.17) is 4.98 Å². The Morgan fingerprint density at radius 2 is 1.83 bits per heavy atom. The number of para-hydroxylation sites is 1. The molecule has 0 radical (unpaired) electrons. The smallest absolute Gasteiger partial charge is 0.262 e. The van der Waals surface area contributed by atoms with Crippen molar-refractivity contribution in [3.8, 4) is 0 Å². The van der Waals surface area contributed by atoms with Crippen LogP contribution in [0.3, 0.4) is 0 Å². The molecule has 5 nitrogen and oxygen atoms in total. The van der Waals surface area contributed by atoms with Crippen LogP contribution in [0.5, 0.6) is 0 Å². The molecule has 2 fully saturated rings. The lowest BCUT2D eigenvalue weighted by molar-refractivity contribution is -0.119. The second kappa shape index (κ2) is 9.33. The Morgan fingerprint density at radius 1 is 1.10 bits per heavy atom. The summed E-state index contributed by atoms with van der Waals surface area (Å²) in [5.74, 6) is 0.893. The Morgan fingerprint density at radius 3 is 2.62 bits per heavy atom. The van der Waals surface area contributed by atoms with Gasteiger partial charge in [0, 0.05) is 12.1 Å². The standard InChI is InChI=1S/C23H31N3O2S/c1-16-9-5-7-13-19(16)24-21(27)15-29-23-25-20-14-8-6-12-18(20)22(28)26(23)17-10-3-2-4-11-17/h6,8,12,14,16-17,19H,2-5,7,9-11,13,15H2,1H3,(H,24,27)/t16-,19+/m1/s1. The molecule has 0 saturated heterocycles. The number of thioether (sulfide) groups is 1. The van der Waals surface area contributed by atoms with E-state index in [0.717, 1.165) is 32.1 Å². The minimum atomic E-state index is 0.0336. The third-order valence-corrected chi connectivity index (χ3v) is 7.46. The van der Waals surface area contributed by atoms with E-state index in [1.807, 2.05) is 28.8 Å². The second-order valence-corrected chi connectivity index (χ2v) is 9.55. The van der Waals surface area contributed by atoms with Crippen molar-refractivity contribution in [1.29, 1.82) is 0 Å². The summed E-state index contributed by atoms with van der Waals surface area (Å²) in [6.45, 7) is 2.23. The van der Waals surface area contributed by atoms with Crippen LogP contribution < -0.4 is 10.9 Å². The first-order chi connectivity index (χ1) is 14.1. The molecule has 2 aliphatic carbocycles. The molecule has 2 aromatic rings. The van der Waals surface area contributed by atoms with Gasteiger partial charge in [-0.2, -0.15) is 0 Å². The van der Waals surface area contributed by atoms with Gasteiger partial charge in [0.15, 0.2) is 5.16 Å². The average Bonchev–Trinajstić information content (AvgIpc) is 2.75. The Hall–Kier alpha value is -1.82. The van der Waals surface area contributed by atoms with Gasteiger partial charge >= 0.3 is 0 Å². The minimum Gasteiger partial charge on any atom is -0.352 e. The molecule has 1 amide bonds. The normalized spacial score (nSPS) is 23.2. The monoisotopic (exact) mass is 413 g/mol. The molecule has 1 heterocycles. The molecule has 4 rings (SSSR count). The largest absolute Gasteiger partial charge is 0.352 e. The zero-order valence-electron chi connectivity index (χ0n) is 17.2. The molecular formula is C23H31N3O2S. The first-order valence-electron chi connectivity index (χ1n) is 11.1. The molecule has 156 valence electrons. The first kappa shape index (κ1) is 20.5. The van der Waals surface area contributed by atoms with Crippen molar-refractivity contribution >= 4 is 28.6 Å². The summed E-state index contributed by atoms with van der Waals surface area (Å²) >= 11 is 1.41. The molecular weight excluding hydrogens is 382 g/mol. The number of carbonyl (C=O) groups excluding carboxylic acids is 1. The maximum absolute atomic E-state index is 13.3. The number of benzene rings is 1. The van der Waals surface area contributed by atoms with Crippen LogP contribution in [-0.4, -0.2) is 27.3 Å². The SMILES string of the molecule is C[C@@H]1CCCC[C@@H]1NC(=O)CSc1nc2ccccc2c(=O)n1C1CCCCC1. The highest BCUT2D eigenvalue weighted by Gasteiger charge is 2.25. The molecule has 6 heteroatoms. The molecule has 29 heavy (non-hydrogen) atoms. The molecule has 0 unspecified atom stereocenters. The molecule has 2 atom stereocenters. The molecule has 0 aliphatic heterocycles. The lowest BCUT2D eigenvalue weighted by Gasteiger charge is -2.29. The quantitative estimate of drug-likeness (QED) is 0.571. The van der Waals surface area contributed by atoms with Crippen LogP contribution >= 0.6 is 11.8 Å². The molecule has 1 N–H and O–H groups in total. The van der Waals surface area contributed by atoms with Gasteiger partial charge in [-0.3, -0.25) is 14.2 Å². The zero-order valence-corrected chi connectivity index (χ0v) is 18.0. The van der Waals surface area contributed by atoms with Gasteiger partial charge in [-0.1, -0.05) is 62.9 Å². The fraction of sp³-hybridized carbons (Fsp3) is 0.609. The number of aromatic nitrogens is 2. The third-order valence-electron chi connectivity index (χ3n) is 6.51. The van der Waals surface area contributed by atoms with Crippen molar-refractivity contribution in [2.45, 2.75) is 82.0 Å². The van der Waals surface area contributed by atoms with Gasteiger partial charge in [0.1, 0.15) is 0 Å². The summed E-state index contributed by atoms with van der Waals surface area (Å²) < 4.78 is 1.88. The van der Waals surface area contributed by atoms with Gasteiger partial charge in [-0.25, -0.2) is 4.98 Å². The van der Waals surface area contributed by atoms with Crippen LogP contribution in [-0.2, 0) is 4.79 Å². The Bertz CT molecular complexity index is 920. The first-order valence-corrected chi connectivity index (χ1v) is 12.1. The van der Waals surface area contributed by atoms with E-state index < -0.39 is 0 Å². The van der Waals surface area contributed by atoms with Crippen molar-refractivity contribution in [2.24, 2.45) is 5.92 Å². The Balaban J connectivity index is 1.55. The molecule has 2 aliphatic rings. The van der Waals surface area contributed by atoms with E-state index in [0.29, 0.717) is 27.7 Å². The number of amides is 1. The van der Waals surface area contributed by atoms with Crippen molar-refractivity contribution in [3.05, 3.63) is 34.6 Å². The summed E-state index contributed by atoms with van der Waals surface area (Å²) in [6.07, 6.45) is 10.3. The van der Waals surface area contributed by atoms with Gasteiger partial charge in [0.05, 0.1) is 16.7 Å². The number of rotatable bonds is 5. The van der Waals surface area contributed by atoms with E-state index in [9.17, 15) is 9.59 Å². The lowest BCUT2D eigenvalue weighted by atomic mass is 9.86. The van der Waals surface area contributed by atoms with Gasteiger partial charge in [0.25, 0.3) is 5.56 Å². The molecule has 2 saturated carbocycles. The Labute approximate surface area is 176 Å². The van der Waals surface area contributed by atoms with Crippen LogP contribution in [0.1, 0.15) is 70.8 Å². The summed E-state index contributed by atoms with van der Waals surface area (Å²) in [6, 6.07) is 8.01.